The van der Waals surface area contributed by atoms with Gasteiger partial charge in [-0.05, 0) is 30.5 Å². The van der Waals surface area contributed by atoms with E-state index in [-0.39, 0.29) is 37.5 Å². The summed E-state index contributed by atoms with van der Waals surface area (Å²) >= 11 is 6.11. The van der Waals surface area contributed by atoms with Gasteiger partial charge in [-0.25, -0.2) is 9.18 Å². The number of nitrogens with zero attached hydrogens (tertiary/aromatic N) is 2. The Balaban J connectivity index is 1.50. The average molecular weight is 418 g/mol. The fraction of sp³-hybridized carbons (Fsp3) is 0.364. The van der Waals surface area contributed by atoms with Gasteiger partial charge in [-0.15, -0.1) is 0 Å². The average Bonchev–Trinajstić information content (AvgIpc) is 3.53. The molecule has 154 valence electrons. The highest BCUT2D eigenvalue weighted by molar-refractivity contribution is 6.31. The molecule has 1 fully saturated rings. The highest BCUT2D eigenvalue weighted by atomic mass is 35.5. The van der Waals surface area contributed by atoms with E-state index in [1.807, 2.05) is 30.3 Å². The highest BCUT2D eigenvalue weighted by Crippen LogP contribution is 2.31. The number of carbonyl (C=O) groups is 2. The minimum atomic E-state index is -0.410. The Bertz CT molecular complexity index is 838. The Morgan fingerprint density at radius 1 is 1.10 bits per heavy atom. The van der Waals surface area contributed by atoms with Crippen LogP contribution in [-0.4, -0.2) is 41.4 Å². The van der Waals surface area contributed by atoms with Crippen molar-refractivity contribution < 1.29 is 14.0 Å². The Kier molecular flexibility index (Phi) is 7.09. The van der Waals surface area contributed by atoms with Crippen LogP contribution in [0.25, 0.3) is 0 Å². The van der Waals surface area contributed by atoms with Gasteiger partial charge in [-0.1, -0.05) is 48.0 Å². The molecule has 1 N–H and O–H groups in total. The molecule has 0 aliphatic heterocycles. The van der Waals surface area contributed by atoms with Crippen LogP contribution in [0.1, 0.15) is 30.4 Å². The van der Waals surface area contributed by atoms with E-state index in [1.54, 1.807) is 29.0 Å². The number of rotatable bonds is 8. The van der Waals surface area contributed by atoms with Gasteiger partial charge in [-0.3, -0.25) is 4.79 Å². The van der Waals surface area contributed by atoms with E-state index >= 15 is 0 Å². The summed E-state index contributed by atoms with van der Waals surface area (Å²) in [5.41, 5.74) is 1.36. The van der Waals surface area contributed by atoms with Gasteiger partial charge in [0.05, 0.1) is 6.54 Å². The first-order valence-corrected chi connectivity index (χ1v) is 10.1. The van der Waals surface area contributed by atoms with E-state index in [1.165, 1.54) is 6.07 Å². The third-order valence-corrected chi connectivity index (χ3v) is 5.28. The summed E-state index contributed by atoms with van der Waals surface area (Å²) in [7, 11) is 1.71. The van der Waals surface area contributed by atoms with Gasteiger partial charge in [0, 0.05) is 43.2 Å². The molecule has 0 aromatic heterocycles. The predicted molar refractivity (Wildman–Crippen MR) is 111 cm³/mol. The monoisotopic (exact) mass is 417 g/mol. The molecule has 1 saturated carbocycles. The fourth-order valence-corrected chi connectivity index (χ4v) is 3.37. The van der Waals surface area contributed by atoms with Crippen molar-refractivity contribution in [1.82, 2.24) is 15.1 Å². The molecule has 0 radical (unpaired) electrons. The maximum Gasteiger partial charge on any atom is 0.317 e. The van der Waals surface area contributed by atoms with E-state index in [0.717, 1.165) is 18.4 Å². The number of hydrogen-bond acceptors (Lipinski definition) is 2. The van der Waals surface area contributed by atoms with Crippen molar-refractivity contribution in [3.05, 3.63) is 70.5 Å². The molecule has 3 rings (SSSR count). The Labute approximate surface area is 175 Å². The van der Waals surface area contributed by atoms with Crippen molar-refractivity contribution in [3.8, 4) is 0 Å². The molecular weight excluding hydrogens is 393 g/mol. The quantitative estimate of drug-likeness (QED) is 0.699. The zero-order chi connectivity index (χ0) is 20.8. The summed E-state index contributed by atoms with van der Waals surface area (Å²) in [4.78, 5) is 28.2. The van der Waals surface area contributed by atoms with E-state index in [4.69, 9.17) is 11.6 Å². The van der Waals surface area contributed by atoms with Crippen LogP contribution in [0.4, 0.5) is 9.18 Å². The molecule has 0 bridgehead atoms. The number of urea groups is 1. The number of hydrogen-bond donors (Lipinski definition) is 1. The Morgan fingerprint density at radius 3 is 2.48 bits per heavy atom. The van der Waals surface area contributed by atoms with Crippen molar-refractivity contribution in [3.63, 3.8) is 0 Å². The van der Waals surface area contributed by atoms with Gasteiger partial charge in [0.15, 0.2) is 0 Å². The summed E-state index contributed by atoms with van der Waals surface area (Å²) in [6.45, 7) is 0.864. The van der Waals surface area contributed by atoms with E-state index in [0.29, 0.717) is 17.1 Å². The SMILES string of the molecule is CN(Cc1ccccc1)C(=O)NCCC(=O)N(Cc1c(F)cccc1Cl)C1CC1. The lowest BCUT2D eigenvalue weighted by Crippen LogP contribution is -2.40. The molecular formula is C22H25ClFN3O2. The highest BCUT2D eigenvalue weighted by Gasteiger charge is 2.33. The first kappa shape index (κ1) is 21.1. The van der Waals surface area contributed by atoms with Crippen LogP contribution in [0.3, 0.4) is 0 Å². The van der Waals surface area contributed by atoms with Crippen molar-refractivity contribution in [2.24, 2.45) is 0 Å². The lowest BCUT2D eigenvalue weighted by atomic mass is 10.2. The molecule has 1 aliphatic rings. The molecule has 0 heterocycles. The molecule has 0 saturated heterocycles. The molecule has 0 unspecified atom stereocenters. The maximum absolute atomic E-state index is 14.1. The molecule has 2 aromatic carbocycles. The second-order valence-electron chi connectivity index (χ2n) is 7.28. The van der Waals surface area contributed by atoms with Gasteiger partial charge in [0.1, 0.15) is 5.82 Å². The predicted octanol–water partition coefficient (Wildman–Crippen LogP) is 4.20. The molecule has 1 aliphatic carbocycles. The summed E-state index contributed by atoms with van der Waals surface area (Å²) in [5, 5.41) is 3.09. The van der Waals surface area contributed by atoms with Crippen molar-refractivity contribution in [2.45, 2.75) is 38.4 Å². The largest absolute Gasteiger partial charge is 0.337 e. The normalized spacial score (nSPS) is 13.1. The lowest BCUT2D eigenvalue weighted by Gasteiger charge is -2.24. The van der Waals surface area contributed by atoms with Crippen molar-refractivity contribution in [1.29, 1.82) is 0 Å². The third-order valence-electron chi connectivity index (χ3n) is 4.92. The lowest BCUT2D eigenvalue weighted by molar-refractivity contribution is -0.132. The number of amides is 3. The molecule has 3 amide bonds. The number of carbonyl (C=O) groups excluding carboxylic acids is 2. The van der Waals surface area contributed by atoms with Crippen LogP contribution in [0.15, 0.2) is 48.5 Å². The molecule has 0 spiro atoms. The van der Waals surface area contributed by atoms with Crippen LogP contribution in [0.2, 0.25) is 5.02 Å². The Hall–Kier alpha value is -2.60. The molecule has 2 aromatic rings. The molecule has 29 heavy (non-hydrogen) atoms. The van der Waals surface area contributed by atoms with E-state index in [9.17, 15) is 14.0 Å². The number of benzene rings is 2. The van der Waals surface area contributed by atoms with Crippen LogP contribution in [-0.2, 0) is 17.9 Å². The fourth-order valence-electron chi connectivity index (χ4n) is 3.14. The maximum atomic E-state index is 14.1. The van der Waals surface area contributed by atoms with Crippen molar-refractivity contribution in [2.75, 3.05) is 13.6 Å². The smallest absolute Gasteiger partial charge is 0.317 e. The third kappa shape index (κ3) is 5.94. The zero-order valence-electron chi connectivity index (χ0n) is 16.4. The van der Waals surface area contributed by atoms with Crippen LogP contribution in [0, 0.1) is 5.82 Å². The summed E-state index contributed by atoms with van der Waals surface area (Å²) in [6, 6.07) is 14.1. The summed E-state index contributed by atoms with van der Waals surface area (Å²) in [5.74, 6) is -0.523. The second kappa shape index (κ2) is 9.74. The van der Waals surface area contributed by atoms with Crippen LogP contribution >= 0.6 is 11.6 Å². The van der Waals surface area contributed by atoms with E-state index in [2.05, 4.69) is 5.32 Å². The minimum absolute atomic E-state index is 0.113. The molecule has 0 atom stereocenters. The first-order chi connectivity index (χ1) is 14.0. The van der Waals surface area contributed by atoms with Gasteiger partial charge in [0.2, 0.25) is 5.91 Å². The molecule has 5 nitrogen and oxygen atoms in total. The van der Waals surface area contributed by atoms with Crippen LogP contribution < -0.4 is 5.32 Å². The van der Waals surface area contributed by atoms with Crippen molar-refractivity contribution >= 4 is 23.5 Å². The van der Waals surface area contributed by atoms with Gasteiger partial charge >= 0.3 is 6.03 Å². The minimum Gasteiger partial charge on any atom is -0.337 e. The molecule has 7 heteroatoms. The Morgan fingerprint density at radius 2 is 1.83 bits per heavy atom. The first-order valence-electron chi connectivity index (χ1n) is 9.71. The van der Waals surface area contributed by atoms with Gasteiger partial charge in [-0.2, -0.15) is 0 Å². The van der Waals surface area contributed by atoms with E-state index < -0.39 is 5.82 Å². The topological polar surface area (TPSA) is 52.7 Å². The van der Waals surface area contributed by atoms with Gasteiger partial charge < -0.3 is 15.1 Å². The number of nitrogens with one attached hydrogen (secondary N) is 1. The summed E-state index contributed by atoms with van der Waals surface area (Å²) in [6.07, 6.45) is 1.97. The summed E-state index contributed by atoms with van der Waals surface area (Å²) < 4.78 is 14.1. The van der Waals surface area contributed by atoms with Gasteiger partial charge in [0.25, 0.3) is 0 Å². The standard InChI is InChI=1S/C22H25ClFN3O2/c1-26(14-16-6-3-2-4-7-16)22(29)25-13-12-21(28)27(17-10-11-17)15-18-19(23)8-5-9-20(18)24/h2-9,17H,10-15H2,1H3,(H,25,29). The van der Waals surface area contributed by atoms with Crippen LogP contribution in [0.5, 0.6) is 0 Å². The second-order valence-corrected chi connectivity index (χ2v) is 7.68. The zero-order valence-corrected chi connectivity index (χ0v) is 17.2. The number of halogens is 2.